The van der Waals surface area contributed by atoms with Gasteiger partial charge in [-0.2, -0.15) is 0 Å². The van der Waals surface area contributed by atoms with Crippen LogP contribution in [0.4, 0.5) is 5.69 Å². The average molecular weight is 391 g/mol. The number of nitrogens with one attached hydrogen (secondary N) is 1. The van der Waals surface area contributed by atoms with Gasteiger partial charge in [0.1, 0.15) is 0 Å². The van der Waals surface area contributed by atoms with Crippen LogP contribution in [0.1, 0.15) is 38.5 Å². The van der Waals surface area contributed by atoms with Gasteiger partial charge in [-0.25, -0.2) is 0 Å². The van der Waals surface area contributed by atoms with Gasteiger partial charge in [-0.1, -0.05) is 23.8 Å². The van der Waals surface area contributed by atoms with Crippen LogP contribution < -0.4 is 10.2 Å². The fraction of sp³-hybridized carbons (Fsp3) is 0.474. The molecule has 1 aliphatic heterocycles. The molecule has 2 aliphatic rings. The lowest BCUT2D eigenvalue weighted by Gasteiger charge is -2.18. The number of benzene rings is 1. The Balaban J connectivity index is 1.52. The molecule has 1 saturated heterocycles. The first-order valence-corrected chi connectivity index (χ1v) is 9.45. The molecule has 1 unspecified atom stereocenters. The minimum Gasteiger partial charge on any atom is -0.355 e. The summed E-state index contributed by atoms with van der Waals surface area (Å²) in [5.41, 5.74) is 2.30. The summed E-state index contributed by atoms with van der Waals surface area (Å²) in [6, 6.07) is 7.63. The summed E-state index contributed by atoms with van der Waals surface area (Å²) in [7, 11) is 0. The highest BCUT2D eigenvalue weighted by atomic mass is 79.9. The van der Waals surface area contributed by atoms with Crippen LogP contribution in [0.5, 0.6) is 0 Å². The molecule has 1 aromatic rings. The number of allylic oxidation sites excluding steroid dienone is 1. The maximum Gasteiger partial charge on any atom is 0.227 e. The Kier molecular flexibility index (Phi) is 5.72. The smallest absolute Gasteiger partial charge is 0.227 e. The highest BCUT2D eigenvalue weighted by Crippen LogP contribution is 2.31. The van der Waals surface area contributed by atoms with Crippen LogP contribution >= 0.6 is 15.9 Å². The van der Waals surface area contributed by atoms with Crippen molar-refractivity contribution in [2.75, 3.05) is 18.0 Å². The van der Waals surface area contributed by atoms with Crippen LogP contribution in [0.25, 0.3) is 0 Å². The van der Waals surface area contributed by atoms with Gasteiger partial charge in [0.05, 0.1) is 11.6 Å². The van der Waals surface area contributed by atoms with E-state index in [1.807, 2.05) is 24.3 Å². The zero-order chi connectivity index (χ0) is 16.9. The molecule has 1 aromatic carbocycles. The largest absolute Gasteiger partial charge is 0.355 e. The molecule has 0 radical (unpaired) electrons. The summed E-state index contributed by atoms with van der Waals surface area (Å²) in [4.78, 5) is 26.4. The van der Waals surface area contributed by atoms with Gasteiger partial charge >= 0.3 is 0 Å². The van der Waals surface area contributed by atoms with E-state index in [9.17, 15) is 9.59 Å². The molecule has 0 aromatic heterocycles. The molecular formula is C19H23BrN2O2. The molecule has 4 nitrogen and oxygen atoms in total. The van der Waals surface area contributed by atoms with E-state index >= 15 is 0 Å². The molecule has 24 heavy (non-hydrogen) atoms. The first kappa shape index (κ1) is 17.2. The number of nitrogens with zero attached hydrogens (tertiary/aromatic N) is 1. The van der Waals surface area contributed by atoms with Gasteiger partial charge in [0.15, 0.2) is 0 Å². The third-order valence-corrected chi connectivity index (χ3v) is 5.44. The Hall–Kier alpha value is -1.62. The molecule has 1 N–H and O–H groups in total. The third-order valence-electron chi connectivity index (χ3n) is 4.77. The van der Waals surface area contributed by atoms with Crippen molar-refractivity contribution in [3.63, 3.8) is 0 Å². The van der Waals surface area contributed by atoms with E-state index in [4.69, 9.17) is 0 Å². The molecule has 0 saturated carbocycles. The second-order valence-corrected chi connectivity index (χ2v) is 7.36. The van der Waals surface area contributed by atoms with Crippen LogP contribution in [-0.4, -0.2) is 24.9 Å². The summed E-state index contributed by atoms with van der Waals surface area (Å²) in [5, 5.41) is 3.01. The molecule has 1 atom stereocenters. The van der Waals surface area contributed by atoms with E-state index in [1.54, 1.807) is 4.90 Å². The minimum atomic E-state index is -0.259. The van der Waals surface area contributed by atoms with Gasteiger partial charge in [0, 0.05) is 24.0 Å². The van der Waals surface area contributed by atoms with E-state index < -0.39 is 0 Å². The second kappa shape index (κ2) is 7.97. The van der Waals surface area contributed by atoms with Gasteiger partial charge < -0.3 is 10.2 Å². The Labute approximate surface area is 151 Å². The van der Waals surface area contributed by atoms with Crippen molar-refractivity contribution in [3.05, 3.63) is 40.4 Å². The molecule has 1 aliphatic carbocycles. The highest BCUT2D eigenvalue weighted by Gasteiger charge is 2.35. The maximum atomic E-state index is 12.4. The summed E-state index contributed by atoms with van der Waals surface area (Å²) in [6.07, 6.45) is 8.40. The number of carbonyl (C=O) groups excluding carboxylic acids is 2. The standard InChI is InChI=1S/C19H23BrN2O2/c20-16-8-4-5-9-17(16)22-13-15(12-18(22)23)19(24)21-11-10-14-6-2-1-3-7-14/h4-6,8-9,15H,1-3,7,10-13H2,(H,21,24). The number of rotatable bonds is 5. The summed E-state index contributed by atoms with van der Waals surface area (Å²) >= 11 is 3.48. The molecule has 2 amide bonds. The van der Waals surface area contributed by atoms with E-state index in [2.05, 4.69) is 27.3 Å². The van der Waals surface area contributed by atoms with Crippen LogP contribution in [-0.2, 0) is 9.59 Å². The van der Waals surface area contributed by atoms with Gasteiger partial charge in [0.25, 0.3) is 0 Å². The van der Waals surface area contributed by atoms with Crippen molar-refractivity contribution in [2.45, 2.75) is 38.5 Å². The number of para-hydroxylation sites is 1. The molecule has 1 heterocycles. The van der Waals surface area contributed by atoms with Gasteiger partial charge in [0.2, 0.25) is 11.8 Å². The normalized spacial score (nSPS) is 20.9. The number of hydrogen-bond donors (Lipinski definition) is 1. The van der Waals surface area contributed by atoms with Crippen molar-refractivity contribution < 1.29 is 9.59 Å². The minimum absolute atomic E-state index is 0.00527. The Morgan fingerprint density at radius 3 is 2.88 bits per heavy atom. The van der Waals surface area contributed by atoms with E-state index in [-0.39, 0.29) is 24.2 Å². The molecule has 128 valence electrons. The fourth-order valence-corrected chi connectivity index (χ4v) is 3.91. The second-order valence-electron chi connectivity index (χ2n) is 6.51. The lowest BCUT2D eigenvalue weighted by atomic mass is 9.97. The zero-order valence-corrected chi connectivity index (χ0v) is 15.3. The van der Waals surface area contributed by atoms with Crippen LogP contribution in [0.2, 0.25) is 0 Å². The fourth-order valence-electron chi connectivity index (χ4n) is 3.41. The first-order valence-electron chi connectivity index (χ1n) is 8.65. The van der Waals surface area contributed by atoms with Crippen molar-refractivity contribution in [1.82, 2.24) is 5.32 Å². The Morgan fingerprint density at radius 2 is 2.12 bits per heavy atom. The number of amides is 2. The van der Waals surface area contributed by atoms with Crippen molar-refractivity contribution >= 4 is 33.4 Å². The maximum absolute atomic E-state index is 12.4. The van der Waals surface area contributed by atoms with Crippen molar-refractivity contribution in [2.24, 2.45) is 5.92 Å². The molecular weight excluding hydrogens is 368 g/mol. The van der Waals surface area contributed by atoms with Crippen LogP contribution in [0.15, 0.2) is 40.4 Å². The van der Waals surface area contributed by atoms with Crippen molar-refractivity contribution in [1.29, 1.82) is 0 Å². The summed E-state index contributed by atoms with van der Waals surface area (Å²) in [6.45, 7) is 1.13. The molecule has 3 rings (SSSR count). The lowest BCUT2D eigenvalue weighted by Crippen LogP contribution is -2.33. The quantitative estimate of drug-likeness (QED) is 0.777. The van der Waals surface area contributed by atoms with E-state index in [0.717, 1.165) is 23.0 Å². The van der Waals surface area contributed by atoms with Crippen molar-refractivity contribution in [3.8, 4) is 0 Å². The van der Waals surface area contributed by atoms with E-state index in [1.165, 1.54) is 24.8 Å². The number of halogens is 1. The monoisotopic (exact) mass is 390 g/mol. The van der Waals surface area contributed by atoms with Gasteiger partial charge in [-0.15, -0.1) is 0 Å². The lowest BCUT2D eigenvalue weighted by molar-refractivity contribution is -0.126. The molecule has 0 spiro atoms. The molecule has 0 bridgehead atoms. The van der Waals surface area contributed by atoms with Gasteiger partial charge in [-0.3, -0.25) is 9.59 Å². The molecule has 5 heteroatoms. The summed E-state index contributed by atoms with van der Waals surface area (Å²) in [5.74, 6) is -0.253. The summed E-state index contributed by atoms with van der Waals surface area (Å²) < 4.78 is 0.878. The first-order chi connectivity index (χ1) is 11.6. The highest BCUT2D eigenvalue weighted by molar-refractivity contribution is 9.10. The number of anilines is 1. The average Bonchev–Trinajstić information content (AvgIpc) is 2.98. The Morgan fingerprint density at radius 1 is 1.29 bits per heavy atom. The topological polar surface area (TPSA) is 49.4 Å². The van der Waals surface area contributed by atoms with Crippen LogP contribution in [0.3, 0.4) is 0 Å². The van der Waals surface area contributed by atoms with Crippen LogP contribution in [0, 0.1) is 5.92 Å². The van der Waals surface area contributed by atoms with E-state index in [0.29, 0.717) is 13.1 Å². The molecule has 1 fully saturated rings. The van der Waals surface area contributed by atoms with Gasteiger partial charge in [-0.05, 0) is 60.2 Å². The number of hydrogen-bond acceptors (Lipinski definition) is 2. The Bertz CT molecular complexity index is 657. The SMILES string of the molecule is O=C(NCCC1=CCCCC1)C1CC(=O)N(c2ccccc2Br)C1. The third kappa shape index (κ3) is 4.07. The predicted molar refractivity (Wildman–Crippen MR) is 98.8 cm³/mol. The zero-order valence-electron chi connectivity index (χ0n) is 13.8. The number of carbonyl (C=O) groups is 2. The predicted octanol–water partition coefficient (Wildman–Crippen LogP) is 3.81.